The highest BCUT2D eigenvalue weighted by Gasteiger charge is 2.39. The molecular formula is C19H20N6O3. The molecule has 2 unspecified atom stereocenters. The van der Waals surface area contributed by atoms with E-state index in [-0.39, 0.29) is 6.03 Å². The Hall–Kier alpha value is -3.33. The van der Waals surface area contributed by atoms with Crippen molar-refractivity contribution in [1.29, 1.82) is 0 Å². The van der Waals surface area contributed by atoms with Crippen LogP contribution in [0.3, 0.4) is 0 Å². The van der Waals surface area contributed by atoms with Gasteiger partial charge in [-0.15, -0.1) is 5.10 Å². The zero-order valence-corrected chi connectivity index (χ0v) is 15.6. The third kappa shape index (κ3) is 2.47. The van der Waals surface area contributed by atoms with Crippen molar-refractivity contribution in [2.24, 2.45) is 5.10 Å². The molecule has 2 aliphatic rings. The summed E-state index contributed by atoms with van der Waals surface area (Å²) < 4.78 is 15.0. The summed E-state index contributed by atoms with van der Waals surface area (Å²) in [5, 5.41) is 5.32. The summed E-state index contributed by atoms with van der Waals surface area (Å²) >= 11 is 0. The molecule has 0 saturated carbocycles. The highest BCUT2D eigenvalue weighted by Crippen LogP contribution is 2.32. The van der Waals surface area contributed by atoms with Gasteiger partial charge in [0.15, 0.2) is 18.9 Å². The van der Waals surface area contributed by atoms with Crippen LogP contribution >= 0.6 is 0 Å². The van der Waals surface area contributed by atoms with E-state index in [9.17, 15) is 4.79 Å². The molecule has 0 spiro atoms. The molecular weight excluding hydrogens is 360 g/mol. The van der Waals surface area contributed by atoms with Crippen molar-refractivity contribution in [3.8, 4) is 5.69 Å². The first-order valence-electron chi connectivity index (χ1n) is 9.11. The fourth-order valence-electron chi connectivity index (χ4n) is 3.82. The SMILES string of the molecule is COC1c2ncn(-c3cc4ccccn4c3)c2CCN1C(=O)N1N=COC1C. The molecule has 2 amide bonds. The van der Waals surface area contributed by atoms with Crippen molar-refractivity contribution in [3.63, 3.8) is 0 Å². The number of ether oxygens (including phenoxy) is 2. The Bertz CT molecular complexity index is 1040. The van der Waals surface area contributed by atoms with Crippen LogP contribution in [-0.2, 0) is 15.9 Å². The molecule has 2 atom stereocenters. The number of hydrogen-bond acceptors (Lipinski definition) is 5. The molecule has 3 aromatic rings. The quantitative estimate of drug-likeness (QED) is 0.684. The van der Waals surface area contributed by atoms with Gasteiger partial charge in [-0.1, -0.05) is 6.07 Å². The van der Waals surface area contributed by atoms with Crippen LogP contribution < -0.4 is 0 Å². The molecule has 2 aliphatic heterocycles. The van der Waals surface area contributed by atoms with Gasteiger partial charge in [0.05, 0.1) is 17.7 Å². The molecule has 28 heavy (non-hydrogen) atoms. The Morgan fingerprint density at radius 1 is 1.36 bits per heavy atom. The van der Waals surface area contributed by atoms with Crippen molar-refractivity contribution in [1.82, 2.24) is 23.9 Å². The lowest BCUT2D eigenvalue weighted by Crippen LogP contribution is -2.48. The Morgan fingerprint density at radius 3 is 3.00 bits per heavy atom. The summed E-state index contributed by atoms with van der Waals surface area (Å²) in [4.78, 5) is 19.1. The summed E-state index contributed by atoms with van der Waals surface area (Å²) in [5.74, 6) is 0. The van der Waals surface area contributed by atoms with E-state index >= 15 is 0 Å². The minimum absolute atomic E-state index is 0.261. The van der Waals surface area contributed by atoms with E-state index in [2.05, 4.69) is 37.4 Å². The summed E-state index contributed by atoms with van der Waals surface area (Å²) in [6.45, 7) is 2.27. The fourth-order valence-corrected chi connectivity index (χ4v) is 3.82. The van der Waals surface area contributed by atoms with Crippen LogP contribution in [-0.4, -0.2) is 56.2 Å². The lowest BCUT2D eigenvalue weighted by Gasteiger charge is -2.35. The number of aromatic nitrogens is 3. The van der Waals surface area contributed by atoms with E-state index in [1.165, 1.54) is 11.4 Å². The molecule has 9 nitrogen and oxygen atoms in total. The first kappa shape index (κ1) is 16.8. The van der Waals surface area contributed by atoms with Crippen molar-refractivity contribution >= 4 is 17.9 Å². The number of pyridine rings is 1. The van der Waals surface area contributed by atoms with Crippen molar-refractivity contribution < 1.29 is 14.3 Å². The molecule has 0 N–H and O–H groups in total. The molecule has 5 rings (SSSR count). The maximum absolute atomic E-state index is 12.9. The first-order chi connectivity index (χ1) is 13.7. The zero-order valence-electron chi connectivity index (χ0n) is 15.6. The molecule has 0 fully saturated rings. The van der Waals surface area contributed by atoms with Crippen LogP contribution in [0.2, 0.25) is 0 Å². The van der Waals surface area contributed by atoms with Crippen LogP contribution in [0.5, 0.6) is 0 Å². The second kappa shape index (κ2) is 6.38. The molecule has 3 aromatic heterocycles. The number of carbonyl (C=O) groups is 1. The predicted octanol–water partition coefficient (Wildman–Crippen LogP) is 2.37. The third-order valence-corrected chi connectivity index (χ3v) is 5.21. The van der Waals surface area contributed by atoms with Gasteiger partial charge in [0.2, 0.25) is 0 Å². The van der Waals surface area contributed by atoms with Gasteiger partial charge in [0.1, 0.15) is 5.69 Å². The molecule has 0 saturated heterocycles. The smallest absolute Gasteiger partial charge is 0.346 e. The van der Waals surface area contributed by atoms with Gasteiger partial charge in [-0.2, -0.15) is 5.01 Å². The molecule has 5 heterocycles. The lowest BCUT2D eigenvalue weighted by atomic mass is 10.1. The third-order valence-electron chi connectivity index (χ3n) is 5.21. The molecule has 9 heteroatoms. The fraction of sp³-hybridized carbons (Fsp3) is 0.316. The number of carbonyl (C=O) groups excluding carboxylic acids is 1. The van der Waals surface area contributed by atoms with Crippen molar-refractivity contribution in [2.45, 2.75) is 25.8 Å². The molecule has 0 aliphatic carbocycles. The largest absolute Gasteiger partial charge is 0.457 e. The predicted molar refractivity (Wildman–Crippen MR) is 101 cm³/mol. The second-order valence-electron chi connectivity index (χ2n) is 6.79. The number of amides is 2. The minimum Gasteiger partial charge on any atom is -0.457 e. The van der Waals surface area contributed by atoms with E-state index in [4.69, 9.17) is 9.47 Å². The van der Waals surface area contributed by atoms with Gasteiger partial charge in [0.25, 0.3) is 0 Å². The zero-order chi connectivity index (χ0) is 19.3. The number of hydrogen-bond donors (Lipinski definition) is 0. The summed E-state index contributed by atoms with van der Waals surface area (Å²) in [6, 6.07) is 7.92. The molecule has 0 radical (unpaired) electrons. The summed E-state index contributed by atoms with van der Waals surface area (Å²) in [7, 11) is 1.58. The van der Waals surface area contributed by atoms with E-state index in [0.717, 1.165) is 22.6 Å². The van der Waals surface area contributed by atoms with Gasteiger partial charge >= 0.3 is 6.03 Å². The highest BCUT2D eigenvalue weighted by atomic mass is 16.5. The molecule has 144 valence electrons. The van der Waals surface area contributed by atoms with E-state index < -0.39 is 12.5 Å². The standard InChI is InChI=1S/C19H20N6O3/c1-13-25(21-12-28-13)19(26)23-8-6-16-17(18(23)27-2)20-11-24(16)15-9-14-5-3-4-7-22(14)10-15/h3-5,7,9-13,18H,6,8H2,1-2H3. The Kier molecular flexibility index (Phi) is 3.83. The average molecular weight is 380 g/mol. The number of hydrazone groups is 1. The van der Waals surface area contributed by atoms with Gasteiger partial charge < -0.3 is 18.4 Å². The average Bonchev–Trinajstić information content (AvgIpc) is 3.43. The van der Waals surface area contributed by atoms with Crippen LogP contribution in [0.1, 0.15) is 24.5 Å². The lowest BCUT2D eigenvalue weighted by molar-refractivity contribution is -0.0359. The van der Waals surface area contributed by atoms with Crippen molar-refractivity contribution in [3.05, 3.63) is 54.4 Å². The Labute approximate surface area is 161 Å². The number of nitrogens with zero attached hydrogens (tertiary/aromatic N) is 6. The number of methoxy groups -OCH3 is 1. The van der Waals surface area contributed by atoms with Gasteiger partial charge in [-0.05, 0) is 25.1 Å². The summed E-state index contributed by atoms with van der Waals surface area (Å²) in [5.41, 5.74) is 3.92. The van der Waals surface area contributed by atoms with Gasteiger partial charge in [-0.25, -0.2) is 9.78 Å². The molecule has 0 aromatic carbocycles. The van der Waals surface area contributed by atoms with Gasteiger partial charge in [-0.3, -0.25) is 4.90 Å². The van der Waals surface area contributed by atoms with E-state index in [1.807, 2.05) is 18.3 Å². The minimum atomic E-state index is -0.572. The first-order valence-corrected chi connectivity index (χ1v) is 9.11. The van der Waals surface area contributed by atoms with Gasteiger partial charge in [0, 0.05) is 38.0 Å². The van der Waals surface area contributed by atoms with Crippen molar-refractivity contribution in [2.75, 3.05) is 13.7 Å². The maximum atomic E-state index is 12.9. The second-order valence-corrected chi connectivity index (χ2v) is 6.79. The normalized spacial score (nSPS) is 21.2. The van der Waals surface area contributed by atoms with Crippen LogP contribution in [0.25, 0.3) is 11.2 Å². The molecule has 0 bridgehead atoms. The van der Waals surface area contributed by atoms with Crippen LogP contribution in [0.4, 0.5) is 4.79 Å². The highest BCUT2D eigenvalue weighted by molar-refractivity contribution is 5.77. The number of rotatable bonds is 2. The monoisotopic (exact) mass is 380 g/mol. The number of urea groups is 1. The van der Waals surface area contributed by atoms with Crippen LogP contribution in [0, 0.1) is 0 Å². The Morgan fingerprint density at radius 2 is 2.25 bits per heavy atom. The topological polar surface area (TPSA) is 76.6 Å². The van der Waals surface area contributed by atoms with E-state index in [1.54, 1.807) is 25.3 Å². The maximum Gasteiger partial charge on any atom is 0.346 e. The number of fused-ring (bicyclic) bond motifs is 2. The van der Waals surface area contributed by atoms with E-state index in [0.29, 0.717) is 13.0 Å². The number of imidazole rings is 1. The summed E-state index contributed by atoms with van der Waals surface area (Å²) in [6.07, 6.45) is 6.82. The van der Waals surface area contributed by atoms with Crippen LogP contribution in [0.15, 0.2) is 48.1 Å². The Balaban J connectivity index is 1.49.